The lowest BCUT2D eigenvalue weighted by atomic mass is 9.54. The van der Waals surface area contributed by atoms with E-state index in [9.17, 15) is 5.11 Å². The number of fused-ring (bicyclic) bond motifs is 3. The summed E-state index contributed by atoms with van der Waals surface area (Å²) in [4.78, 5) is 0. The van der Waals surface area contributed by atoms with Crippen LogP contribution >= 0.6 is 0 Å². The third kappa shape index (κ3) is 1.48. The van der Waals surface area contributed by atoms with Crippen molar-refractivity contribution >= 4 is 0 Å². The molecule has 4 nitrogen and oxygen atoms in total. The minimum atomic E-state index is 0.136. The molecule has 0 unspecified atom stereocenters. The lowest BCUT2D eigenvalue weighted by Gasteiger charge is -2.51. The van der Waals surface area contributed by atoms with Crippen LogP contribution in [0.25, 0.3) is 0 Å². The van der Waals surface area contributed by atoms with Gasteiger partial charge in [-0.2, -0.15) is 0 Å². The zero-order chi connectivity index (χ0) is 12.2. The molecule has 4 fully saturated rings. The summed E-state index contributed by atoms with van der Waals surface area (Å²) in [6.45, 7) is 0.347. The van der Waals surface area contributed by atoms with Gasteiger partial charge in [0.25, 0.3) is 0 Å². The van der Waals surface area contributed by atoms with Crippen molar-refractivity contribution in [2.24, 2.45) is 5.41 Å². The van der Waals surface area contributed by atoms with E-state index in [0.29, 0.717) is 12.5 Å². The summed E-state index contributed by atoms with van der Waals surface area (Å²) in [5.41, 5.74) is 0.345. The molecule has 0 aliphatic heterocycles. The van der Waals surface area contributed by atoms with Crippen molar-refractivity contribution in [2.75, 3.05) is 6.61 Å². The van der Waals surface area contributed by atoms with Crippen molar-refractivity contribution in [3.63, 3.8) is 0 Å². The molecule has 0 atom stereocenters. The van der Waals surface area contributed by atoms with E-state index in [1.54, 1.807) is 0 Å². The highest BCUT2D eigenvalue weighted by molar-refractivity contribution is 5.14. The van der Waals surface area contributed by atoms with E-state index in [1.807, 2.05) is 0 Å². The maximum Gasteiger partial charge on any atom is 0.222 e. The molecular formula is C14H20N2O2. The number of aliphatic hydroxyl groups excluding tert-OH is 1. The number of aromatic nitrogens is 2. The Morgan fingerprint density at radius 2 is 1.72 bits per heavy atom. The Morgan fingerprint density at radius 1 is 1.06 bits per heavy atom. The summed E-state index contributed by atoms with van der Waals surface area (Å²) in [6.07, 6.45) is 9.10. The fourth-order valence-electron chi connectivity index (χ4n) is 3.77. The Balaban J connectivity index is 1.60. The molecule has 18 heavy (non-hydrogen) atoms. The van der Waals surface area contributed by atoms with Crippen molar-refractivity contribution in [3.8, 4) is 0 Å². The molecule has 98 valence electrons. The van der Waals surface area contributed by atoms with Gasteiger partial charge in [0.05, 0.1) is 0 Å². The van der Waals surface area contributed by atoms with Crippen LogP contribution in [0, 0.1) is 5.41 Å². The zero-order valence-corrected chi connectivity index (χ0v) is 10.7. The Bertz CT molecular complexity index is 440. The van der Waals surface area contributed by atoms with Crippen molar-refractivity contribution in [3.05, 3.63) is 11.8 Å². The minimum Gasteiger partial charge on any atom is -0.424 e. The molecule has 4 aliphatic rings. The van der Waals surface area contributed by atoms with E-state index < -0.39 is 0 Å². The number of nitrogens with zero attached hydrogens (tertiary/aromatic N) is 2. The second-order valence-corrected chi connectivity index (χ2v) is 6.66. The molecule has 0 amide bonds. The molecule has 4 heteroatoms. The van der Waals surface area contributed by atoms with Crippen molar-refractivity contribution in [1.82, 2.24) is 10.2 Å². The maximum absolute atomic E-state index is 9.55. The highest BCUT2D eigenvalue weighted by Gasteiger charge is 2.52. The van der Waals surface area contributed by atoms with Crippen LogP contribution in [0.3, 0.4) is 0 Å². The van der Waals surface area contributed by atoms with Crippen LogP contribution in [0.4, 0.5) is 0 Å². The van der Waals surface area contributed by atoms with Gasteiger partial charge in [0.2, 0.25) is 11.8 Å². The molecule has 2 bridgehead atoms. The third-order valence-electron chi connectivity index (χ3n) is 5.56. The lowest BCUT2D eigenvalue weighted by molar-refractivity contribution is -0.0161. The van der Waals surface area contributed by atoms with E-state index in [1.165, 1.54) is 12.8 Å². The monoisotopic (exact) mass is 248 g/mol. The first-order chi connectivity index (χ1) is 8.75. The van der Waals surface area contributed by atoms with Gasteiger partial charge in [-0.05, 0) is 56.8 Å². The molecule has 1 heterocycles. The van der Waals surface area contributed by atoms with Gasteiger partial charge in [-0.15, -0.1) is 10.2 Å². The van der Waals surface area contributed by atoms with E-state index in [-0.39, 0.29) is 10.8 Å². The van der Waals surface area contributed by atoms with E-state index in [4.69, 9.17) is 4.42 Å². The van der Waals surface area contributed by atoms with E-state index in [0.717, 1.165) is 50.3 Å². The minimum absolute atomic E-state index is 0.136. The lowest BCUT2D eigenvalue weighted by Crippen LogP contribution is -2.46. The van der Waals surface area contributed by atoms with Crippen molar-refractivity contribution in [2.45, 2.75) is 62.7 Å². The van der Waals surface area contributed by atoms with Crippen LogP contribution in [-0.2, 0) is 5.41 Å². The molecule has 0 saturated heterocycles. The first kappa shape index (κ1) is 11.0. The van der Waals surface area contributed by atoms with Crippen LogP contribution in [0.15, 0.2) is 4.42 Å². The molecule has 4 saturated carbocycles. The van der Waals surface area contributed by atoms with Crippen LogP contribution in [0.1, 0.15) is 69.1 Å². The standard InChI is InChI=1S/C14H20N2O2/c17-9-13-3-6-14(7-4-13,8-5-13)12-16-15-11(18-12)10-1-2-10/h10,17H,1-9H2. The second-order valence-electron chi connectivity index (χ2n) is 6.66. The quantitative estimate of drug-likeness (QED) is 0.893. The molecular weight excluding hydrogens is 228 g/mol. The number of hydrogen-bond acceptors (Lipinski definition) is 4. The van der Waals surface area contributed by atoms with Gasteiger partial charge in [-0.1, -0.05) is 0 Å². The molecule has 0 aromatic carbocycles. The molecule has 5 rings (SSSR count). The summed E-state index contributed by atoms with van der Waals surface area (Å²) in [7, 11) is 0. The Hall–Kier alpha value is -0.900. The summed E-state index contributed by atoms with van der Waals surface area (Å²) < 4.78 is 5.95. The Labute approximate surface area is 107 Å². The van der Waals surface area contributed by atoms with Crippen molar-refractivity contribution < 1.29 is 9.52 Å². The fourth-order valence-corrected chi connectivity index (χ4v) is 3.77. The number of aliphatic hydroxyl groups is 1. The fraction of sp³-hybridized carbons (Fsp3) is 0.857. The van der Waals surface area contributed by atoms with Crippen LogP contribution in [0.5, 0.6) is 0 Å². The smallest absolute Gasteiger partial charge is 0.222 e. The van der Waals surface area contributed by atoms with Gasteiger partial charge in [0.1, 0.15) is 0 Å². The summed E-state index contributed by atoms with van der Waals surface area (Å²) >= 11 is 0. The SMILES string of the molecule is OCC12CCC(c3nnc(C4CC4)o3)(CC1)CC2. The van der Waals surface area contributed by atoms with Gasteiger partial charge < -0.3 is 9.52 Å². The first-order valence-corrected chi connectivity index (χ1v) is 7.20. The molecule has 1 N–H and O–H groups in total. The average Bonchev–Trinajstić information content (AvgIpc) is 3.18. The number of hydrogen-bond donors (Lipinski definition) is 1. The van der Waals surface area contributed by atoms with Crippen LogP contribution in [0.2, 0.25) is 0 Å². The predicted molar refractivity (Wildman–Crippen MR) is 65.2 cm³/mol. The van der Waals surface area contributed by atoms with Crippen LogP contribution < -0.4 is 0 Å². The topological polar surface area (TPSA) is 59.2 Å². The molecule has 0 radical (unpaired) electrons. The molecule has 4 aliphatic carbocycles. The maximum atomic E-state index is 9.55. The van der Waals surface area contributed by atoms with Crippen LogP contribution in [-0.4, -0.2) is 21.9 Å². The average molecular weight is 248 g/mol. The molecule has 1 aromatic rings. The third-order valence-corrected chi connectivity index (χ3v) is 5.56. The molecule has 1 aromatic heterocycles. The highest BCUT2D eigenvalue weighted by Crippen LogP contribution is 2.57. The Morgan fingerprint density at radius 3 is 2.28 bits per heavy atom. The van der Waals surface area contributed by atoms with Gasteiger partial charge in [-0.25, -0.2) is 0 Å². The zero-order valence-electron chi connectivity index (χ0n) is 10.7. The number of rotatable bonds is 3. The highest BCUT2D eigenvalue weighted by atomic mass is 16.4. The van der Waals surface area contributed by atoms with Crippen molar-refractivity contribution in [1.29, 1.82) is 0 Å². The van der Waals surface area contributed by atoms with Gasteiger partial charge >= 0.3 is 0 Å². The van der Waals surface area contributed by atoms with Gasteiger partial charge in [0, 0.05) is 17.9 Å². The van der Waals surface area contributed by atoms with Gasteiger partial charge in [0.15, 0.2) is 0 Å². The largest absolute Gasteiger partial charge is 0.424 e. The first-order valence-electron chi connectivity index (χ1n) is 7.20. The van der Waals surface area contributed by atoms with E-state index in [2.05, 4.69) is 10.2 Å². The summed E-state index contributed by atoms with van der Waals surface area (Å²) in [6, 6.07) is 0. The predicted octanol–water partition coefficient (Wildman–Crippen LogP) is 2.53. The Kier molecular flexibility index (Phi) is 2.17. The van der Waals surface area contributed by atoms with E-state index >= 15 is 0 Å². The normalized spacial score (nSPS) is 39.2. The summed E-state index contributed by atoms with van der Waals surface area (Å²) in [5.74, 6) is 2.30. The molecule has 0 spiro atoms. The summed E-state index contributed by atoms with van der Waals surface area (Å²) in [5, 5.41) is 18.1. The second kappa shape index (κ2) is 3.56. The van der Waals surface area contributed by atoms with Gasteiger partial charge in [-0.3, -0.25) is 0 Å².